The van der Waals surface area contributed by atoms with Gasteiger partial charge in [-0.15, -0.1) is 0 Å². The Bertz CT molecular complexity index is 1120. The van der Waals surface area contributed by atoms with E-state index in [-0.39, 0.29) is 17.1 Å². The third kappa shape index (κ3) is 4.75. The molecule has 1 aliphatic rings. The average molecular weight is 405 g/mol. The van der Waals surface area contributed by atoms with Gasteiger partial charge in [0.1, 0.15) is 5.58 Å². The number of benzene rings is 2. The summed E-state index contributed by atoms with van der Waals surface area (Å²) in [6.07, 6.45) is 3.51. The van der Waals surface area contributed by atoms with Gasteiger partial charge in [-0.2, -0.15) is 0 Å². The van der Waals surface area contributed by atoms with Crippen molar-refractivity contribution in [3.8, 4) is 0 Å². The Morgan fingerprint density at radius 1 is 0.900 bits per heavy atom. The molecule has 1 fully saturated rings. The fraction of sp³-hybridized carbons (Fsp3) is 0.261. The molecule has 1 aliphatic heterocycles. The fourth-order valence-electron chi connectivity index (χ4n) is 3.57. The molecule has 0 aliphatic carbocycles. The van der Waals surface area contributed by atoms with Gasteiger partial charge in [0.15, 0.2) is 11.2 Å². The van der Waals surface area contributed by atoms with Gasteiger partial charge in [-0.1, -0.05) is 18.6 Å². The number of anilines is 2. The normalized spacial score (nSPS) is 14.4. The predicted octanol–water partition coefficient (Wildman–Crippen LogP) is 3.47. The van der Waals surface area contributed by atoms with Crippen LogP contribution in [0.3, 0.4) is 0 Å². The van der Waals surface area contributed by atoms with Crippen molar-refractivity contribution in [1.82, 2.24) is 4.90 Å². The second-order valence-corrected chi connectivity index (χ2v) is 7.39. The van der Waals surface area contributed by atoms with E-state index >= 15 is 0 Å². The molecule has 2 aromatic carbocycles. The van der Waals surface area contributed by atoms with Crippen LogP contribution in [0.2, 0.25) is 0 Å². The van der Waals surface area contributed by atoms with Crippen LogP contribution in [-0.4, -0.2) is 36.3 Å². The van der Waals surface area contributed by atoms with Crippen molar-refractivity contribution in [1.29, 1.82) is 0 Å². The molecule has 7 heteroatoms. The molecule has 3 aromatic rings. The highest BCUT2D eigenvalue weighted by Crippen LogP contribution is 2.17. The van der Waals surface area contributed by atoms with Crippen LogP contribution in [0.5, 0.6) is 0 Å². The van der Waals surface area contributed by atoms with Crippen molar-refractivity contribution >= 4 is 34.2 Å². The quantitative estimate of drug-likeness (QED) is 0.678. The van der Waals surface area contributed by atoms with Crippen LogP contribution in [0, 0.1) is 0 Å². The first-order valence-electron chi connectivity index (χ1n) is 10.0. The summed E-state index contributed by atoms with van der Waals surface area (Å²) >= 11 is 0. The molecule has 0 saturated carbocycles. The molecule has 0 bridgehead atoms. The fourth-order valence-corrected chi connectivity index (χ4v) is 3.57. The van der Waals surface area contributed by atoms with Crippen molar-refractivity contribution in [2.45, 2.75) is 19.3 Å². The number of rotatable bonds is 5. The molecule has 7 nitrogen and oxygen atoms in total. The second-order valence-electron chi connectivity index (χ2n) is 7.39. The maximum atomic E-state index is 12.5. The van der Waals surface area contributed by atoms with Gasteiger partial charge in [0.25, 0.3) is 5.91 Å². The zero-order chi connectivity index (χ0) is 20.9. The molecule has 30 heavy (non-hydrogen) atoms. The van der Waals surface area contributed by atoms with E-state index in [4.69, 9.17) is 4.42 Å². The van der Waals surface area contributed by atoms with Crippen LogP contribution < -0.4 is 16.1 Å². The van der Waals surface area contributed by atoms with E-state index in [0.717, 1.165) is 25.9 Å². The van der Waals surface area contributed by atoms with Crippen LogP contribution in [0.15, 0.2) is 63.8 Å². The number of nitrogens with zero attached hydrogens (tertiary/aromatic N) is 1. The largest absolute Gasteiger partial charge is 0.451 e. The van der Waals surface area contributed by atoms with Crippen molar-refractivity contribution in [2.75, 3.05) is 30.3 Å². The second kappa shape index (κ2) is 8.92. The van der Waals surface area contributed by atoms with Crippen LogP contribution >= 0.6 is 0 Å². The summed E-state index contributed by atoms with van der Waals surface area (Å²) in [6.45, 7) is 2.31. The molecule has 0 radical (unpaired) electrons. The first-order valence-corrected chi connectivity index (χ1v) is 10.0. The number of piperidine rings is 1. The van der Waals surface area contributed by atoms with Gasteiger partial charge >= 0.3 is 0 Å². The van der Waals surface area contributed by atoms with E-state index in [0.29, 0.717) is 28.9 Å². The molecule has 0 unspecified atom stereocenters. The number of para-hydroxylation sites is 1. The van der Waals surface area contributed by atoms with Crippen LogP contribution in [0.4, 0.5) is 11.4 Å². The lowest BCUT2D eigenvalue weighted by molar-refractivity contribution is -0.117. The van der Waals surface area contributed by atoms with Gasteiger partial charge in [-0.25, -0.2) is 0 Å². The number of hydrogen-bond acceptors (Lipinski definition) is 5. The third-order valence-electron chi connectivity index (χ3n) is 5.10. The summed E-state index contributed by atoms with van der Waals surface area (Å²) in [4.78, 5) is 39.0. The maximum Gasteiger partial charge on any atom is 0.291 e. The Balaban J connectivity index is 1.38. The molecule has 1 saturated heterocycles. The minimum absolute atomic E-state index is 0.0494. The van der Waals surface area contributed by atoms with Gasteiger partial charge < -0.3 is 15.1 Å². The predicted molar refractivity (Wildman–Crippen MR) is 116 cm³/mol. The number of nitrogens with one attached hydrogen (secondary N) is 2. The minimum atomic E-state index is -0.514. The van der Waals surface area contributed by atoms with Crippen molar-refractivity contribution < 1.29 is 14.0 Å². The van der Waals surface area contributed by atoms with Gasteiger partial charge in [-0.3, -0.25) is 19.3 Å². The van der Waals surface area contributed by atoms with E-state index in [1.807, 2.05) is 0 Å². The lowest BCUT2D eigenvalue weighted by atomic mass is 10.1. The zero-order valence-electron chi connectivity index (χ0n) is 16.5. The van der Waals surface area contributed by atoms with Crippen molar-refractivity contribution in [3.63, 3.8) is 0 Å². The number of carbonyl (C=O) groups is 2. The van der Waals surface area contributed by atoms with Gasteiger partial charge in [-0.05, 0) is 62.3 Å². The highest BCUT2D eigenvalue weighted by atomic mass is 16.3. The Morgan fingerprint density at radius 3 is 2.30 bits per heavy atom. The van der Waals surface area contributed by atoms with E-state index in [1.165, 1.54) is 12.5 Å². The molecular weight excluding hydrogens is 382 g/mol. The van der Waals surface area contributed by atoms with E-state index in [2.05, 4.69) is 15.5 Å². The maximum absolute atomic E-state index is 12.5. The number of hydrogen-bond donors (Lipinski definition) is 2. The van der Waals surface area contributed by atoms with E-state index in [9.17, 15) is 14.4 Å². The third-order valence-corrected chi connectivity index (χ3v) is 5.10. The zero-order valence-corrected chi connectivity index (χ0v) is 16.5. The van der Waals surface area contributed by atoms with Crippen LogP contribution in [0.25, 0.3) is 11.0 Å². The smallest absolute Gasteiger partial charge is 0.291 e. The minimum Gasteiger partial charge on any atom is -0.451 e. The molecule has 0 atom stereocenters. The lowest BCUT2D eigenvalue weighted by Gasteiger charge is -2.25. The molecule has 2 heterocycles. The number of carbonyl (C=O) groups excluding carboxylic acids is 2. The standard InChI is InChI=1S/C23H23N3O4/c27-19-14-21(30-20-7-3-2-6-18(19)20)23(29)25-17-10-8-16(9-11-17)24-22(28)15-26-12-4-1-5-13-26/h2-3,6-11,14H,1,4-5,12-13,15H2,(H,24,28)(H,25,29). The Labute approximate surface area is 173 Å². The number of fused-ring (bicyclic) bond motifs is 1. The van der Waals surface area contributed by atoms with Gasteiger partial charge in [0.2, 0.25) is 5.91 Å². The van der Waals surface area contributed by atoms with Crippen molar-refractivity contribution in [3.05, 3.63) is 70.6 Å². The van der Waals surface area contributed by atoms with Crippen LogP contribution in [0.1, 0.15) is 29.8 Å². The Hall–Kier alpha value is -3.45. The summed E-state index contributed by atoms with van der Waals surface area (Å²) in [5, 5.41) is 6.01. The molecule has 2 N–H and O–H groups in total. The molecule has 0 spiro atoms. The Kier molecular flexibility index (Phi) is 5.90. The number of amides is 2. The van der Waals surface area contributed by atoms with Gasteiger partial charge in [0.05, 0.1) is 11.9 Å². The summed E-state index contributed by atoms with van der Waals surface area (Å²) in [6, 6.07) is 14.8. The first-order chi connectivity index (χ1) is 14.6. The van der Waals surface area contributed by atoms with Crippen molar-refractivity contribution in [2.24, 2.45) is 0 Å². The average Bonchev–Trinajstić information content (AvgIpc) is 2.76. The lowest BCUT2D eigenvalue weighted by Crippen LogP contribution is -2.36. The highest BCUT2D eigenvalue weighted by molar-refractivity contribution is 6.03. The molecular formula is C23H23N3O4. The Morgan fingerprint density at radius 2 is 1.57 bits per heavy atom. The van der Waals surface area contributed by atoms with E-state index < -0.39 is 5.91 Å². The summed E-state index contributed by atoms with van der Waals surface area (Å²) in [7, 11) is 0. The monoisotopic (exact) mass is 405 g/mol. The SMILES string of the molecule is O=C(CN1CCCCC1)Nc1ccc(NC(=O)c2cc(=O)c3ccccc3o2)cc1. The molecule has 1 aromatic heterocycles. The molecule has 2 amide bonds. The topological polar surface area (TPSA) is 91.7 Å². The van der Waals surface area contributed by atoms with Gasteiger partial charge in [0, 0.05) is 17.4 Å². The van der Waals surface area contributed by atoms with Crippen LogP contribution in [-0.2, 0) is 4.79 Å². The highest BCUT2D eigenvalue weighted by Gasteiger charge is 2.15. The van der Waals surface area contributed by atoms with E-state index in [1.54, 1.807) is 48.5 Å². The molecule has 154 valence electrons. The first kappa shape index (κ1) is 19.8. The summed E-state index contributed by atoms with van der Waals surface area (Å²) < 4.78 is 5.55. The number of likely N-dealkylation sites (tertiary alicyclic amines) is 1. The summed E-state index contributed by atoms with van der Waals surface area (Å²) in [5.41, 5.74) is 1.28. The summed E-state index contributed by atoms with van der Waals surface area (Å²) in [5.74, 6) is -0.621. The molecule has 4 rings (SSSR count).